The number of hydrogen-bond acceptors (Lipinski definition) is 1. The summed E-state index contributed by atoms with van der Waals surface area (Å²) in [6, 6.07) is 4.26. The summed E-state index contributed by atoms with van der Waals surface area (Å²) in [7, 11) is 1.95. The fourth-order valence-corrected chi connectivity index (χ4v) is 1.51. The molecular formula is C11H15N. The second-order valence-electron chi connectivity index (χ2n) is 2.98. The van der Waals surface area contributed by atoms with E-state index < -0.39 is 0 Å². The van der Waals surface area contributed by atoms with E-state index in [1.165, 1.54) is 22.4 Å². The Labute approximate surface area is 74.1 Å². The van der Waals surface area contributed by atoms with Gasteiger partial charge < -0.3 is 5.32 Å². The lowest BCUT2D eigenvalue weighted by atomic mass is 10.0. The van der Waals surface area contributed by atoms with Crippen LogP contribution in [0, 0.1) is 13.8 Å². The van der Waals surface area contributed by atoms with Gasteiger partial charge in [0.05, 0.1) is 0 Å². The van der Waals surface area contributed by atoms with Crippen molar-refractivity contribution < 1.29 is 0 Å². The van der Waals surface area contributed by atoms with E-state index in [1.807, 2.05) is 13.1 Å². The molecule has 0 aliphatic heterocycles. The fraction of sp³-hybridized carbons (Fsp3) is 0.273. The molecule has 0 bridgehead atoms. The minimum absolute atomic E-state index is 1.18. The molecular weight excluding hydrogens is 146 g/mol. The summed E-state index contributed by atoms with van der Waals surface area (Å²) in [5.74, 6) is 0. The van der Waals surface area contributed by atoms with Crippen molar-refractivity contribution in [1.82, 2.24) is 0 Å². The number of anilines is 1. The van der Waals surface area contributed by atoms with Crippen LogP contribution in [-0.4, -0.2) is 7.05 Å². The third-order valence-corrected chi connectivity index (χ3v) is 2.04. The standard InChI is InChI=1S/C11H15N/c1-5-10-6-8(2)11(12-4)9(3)7-10/h5-7,12H,1H2,2-4H3. The van der Waals surface area contributed by atoms with E-state index in [1.54, 1.807) is 0 Å². The molecule has 0 amide bonds. The zero-order valence-corrected chi connectivity index (χ0v) is 7.94. The van der Waals surface area contributed by atoms with Gasteiger partial charge >= 0.3 is 0 Å². The molecule has 0 saturated carbocycles. The Morgan fingerprint density at radius 3 is 2.08 bits per heavy atom. The van der Waals surface area contributed by atoms with Crippen LogP contribution in [0.4, 0.5) is 5.69 Å². The van der Waals surface area contributed by atoms with Gasteiger partial charge in [0, 0.05) is 12.7 Å². The summed E-state index contributed by atoms with van der Waals surface area (Å²) in [5.41, 5.74) is 4.95. The maximum absolute atomic E-state index is 3.75. The van der Waals surface area contributed by atoms with Crippen molar-refractivity contribution in [3.05, 3.63) is 35.4 Å². The number of nitrogens with one attached hydrogen (secondary N) is 1. The molecule has 0 atom stereocenters. The first-order chi connectivity index (χ1) is 5.69. The lowest BCUT2D eigenvalue weighted by molar-refractivity contribution is 1.33. The first kappa shape index (κ1) is 8.85. The van der Waals surface area contributed by atoms with Crippen LogP contribution < -0.4 is 5.32 Å². The highest BCUT2D eigenvalue weighted by atomic mass is 14.8. The summed E-state index contributed by atoms with van der Waals surface area (Å²) in [5, 5.41) is 3.18. The van der Waals surface area contributed by atoms with Gasteiger partial charge in [0.25, 0.3) is 0 Å². The van der Waals surface area contributed by atoms with Crippen LogP contribution in [0.3, 0.4) is 0 Å². The monoisotopic (exact) mass is 161 g/mol. The average molecular weight is 161 g/mol. The predicted octanol–water partition coefficient (Wildman–Crippen LogP) is 2.99. The maximum atomic E-state index is 3.75. The van der Waals surface area contributed by atoms with Crippen LogP contribution in [0.2, 0.25) is 0 Å². The largest absolute Gasteiger partial charge is 0.388 e. The number of aryl methyl sites for hydroxylation is 2. The van der Waals surface area contributed by atoms with Crippen molar-refractivity contribution in [2.24, 2.45) is 0 Å². The highest BCUT2D eigenvalue weighted by Crippen LogP contribution is 2.21. The summed E-state index contributed by atoms with van der Waals surface area (Å²) in [6.45, 7) is 7.95. The Balaban J connectivity index is 3.27. The lowest BCUT2D eigenvalue weighted by Crippen LogP contribution is -1.95. The topological polar surface area (TPSA) is 12.0 Å². The molecule has 0 aliphatic carbocycles. The number of rotatable bonds is 2. The minimum atomic E-state index is 1.18. The maximum Gasteiger partial charge on any atom is 0.0397 e. The summed E-state index contributed by atoms with van der Waals surface area (Å²) in [6.07, 6.45) is 1.87. The van der Waals surface area contributed by atoms with Crippen LogP contribution in [-0.2, 0) is 0 Å². The SMILES string of the molecule is C=Cc1cc(C)c(NC)c(C)c1. The first-order valence-corrected chi connectivity index (χ1v) is 4.10. The Morgan fingerprint density at radius 1 is 1.25 bits per heavy atom. The molecule has 0 aliphatic rings. The average Bonchev–Trinajstić information content (AvgIpc) is 2.03. The van der Waals surface area contributed by atoms with Crippen molar-refractivity contribution in [2.45, 2.75) is 13.8 Å². The molecule has 0 radical (unpaired) electrons. The molecule has 0 unspecified atom stereocenters. The summed E-state index contributed by atoms with van der Waals surface area (Å²) < 4.78 is 0. The van der Waals surface area contributed by atoms with Gasteiger partial charge in [-0.25, -0.2) is 0 Å². The first-order valence-electron chi connectivity index (χ1n) is 4.10. The third-order valence-electron chi connectivity index (χ3n) is 2.04. The molecule has 1 heteroatoms. The van der Waals surface area contributed by atoms with E-state index in [0.717, 1.165) is 0 Å². The van der Waals surface area contributed by atoms with E-state index in [-0.39, 0.29) is 0 Å². The quantitative estimate of drug-likeness (QED) is 0.703. The predicted molar refractivity (Wildman–Crippen MR) is 55.6 cm³/mol. The van der Waals surface area contributed by atoms with Crippen molar-refractivity contribution in [3.8, 4) is 0 Å². The van der Waals surface area contributed by atoms with Gasteiger partial charge in [-0.15, -0.1) is 0 Å². The normalized spacial score (nSPS) is 9.58. The number of hydrogen-bond donors (Lipinski definition) is 1. The Bertz CT molecular complexity index is 277. The molecule has 1 rings (SSSR count). The highest BCUT2D eigenvalue weighted by molar-refractivity contribution is 5.62. The van der Waals surface area contributed by atoms with Gasteiger partial charge in [0.2, 0.25) is 0 Å². The third kappa shape index (κ3) is 1.50. The smallest absolute Gasteiger partial charge is 0.0397 e. The van der Waals surface area contributed by atoms with Crippen LogP contribution in [0.25, 0.3) is 6.08 Å². The molecule has 1 aromatic rings. The molecule has 0 fully saturated rings. The van der Waals surface area contributed by atoms with Crippen molar-refractivity contribution in [1.29, 1.82) is 0 Å². The fourth-order valence-electron chi connectivity index (χ4n) is 1.51. The lowest BCUT2D eigenvalue weighted by Gasteiger charge is -2.09. The molecule has 64 valence electrons. The van der Waals surface area contributed by atoms with Crippen molar-refractivity contribution >= 4 is 11.8 Å². The van der Waals surface area contributed by atoms with Gasteiger partial charge in [-0.05, 0) is 42.7 Å². The minimum Gasteiger partial charge on any atom is -0.388 e. The molecule has 0 heterocycles. The van der Waals surface area contributed by atoms with Gasteiger partial charge in [-0.3, -0.25) is 0 Å². The Hall–Kier alpha value is -1.24. The van der Waals surface area contributed by atoms with E-state index in [9.17, 15) is 0 Å². The zero-order chi connectivity index (χ0) is 9.14. The molecule has 1 nitrogen and oxygen atoms in total. The van der Waals surface area contributed by atoms with Gasteiger partial charge in [0.1, 0.15) is 0 Å². The van der Waals surface area contributed by atoms with Gasteiger partial charge in [-0.2, -0.15) is 0 Å². The van der Waals surface area contributed by atoms with E-state index in [0.29, 0.717) is 0 Å². The van der Waals surface area contributed by atoms with E-state index >= 15 is 0 Å². The second-order valence-corrected chi connectivity index (χ2v) is 2.98. The molecule has 1 aromatic carbocycles. The van der Waals surface area contributed by atoms with Gasteiger partial charge in [-0.1, -0.05) is 12.7 Å². The van der Waals surface area contributed by atoms with Crippen LogP contribution in [0.5, 0.6) is 0 Å². The molecule has 0 saturated heterocycles. The van der Waals surface area contributed by atoms with Crippen molar-refractivity contribution in [2.75, 3.05) is 12.4 Å². The highest BCUT2D eigenvalue weighted by Gasteiger charge is 2.00. The molecule has 1 N–H and O–H groups in total. The Kier molecular flexibility index (Phi) is 2.54. The van der Waals surface area contributed by atoms with Crippen LogP contribution >= 0.6 is 0 Å². The molecule has 0 spiro atoms. The van der Waals surface area contributed by atoms with E-state index in [4.69, 9.17) is 0 Å². The zero-order valence-electron chi connectivity index (χ0n) is 7.94. The summed E-state index contributed by atoms with van der Waals surface area (Å²) in [4.78, 5) is 0. The van der Waals surface area contributed by atoms with E-state index in [2.05, 4.69) is 37.9 Å². The van der Waals surface area contributed by atoms with Crippen molar-refractivity contribution in [3.63, 3.8) is 0 Å². The van der Waals surface area contributed by atoms with Gasteiger partial charge in [0.15, 0.2) is 0 Å². The summed E-state index contributed by atoms with van der Waals surface area (Å²) >= 11 is 0. The Morgan fingerprint density at radius 2 is 1.75 bits per heavy atom. The number of benzene rings is 1. The molecule has 0 aromatic heterocycles. The second kappa shape index (κ2) is 3.44. The molecule has 12 heavy (non-hydrogen) atoms. The van der Waals surface area contributed by atoms with Crippen LogP contribution in [0.1, 0.15) is 16.7 Å². The van der Waals surface area contributed by atoms with Crippen LogP contribution in [0.15, 0.2) is 18.7 Å².